The molecule has 0 spiro atoms. The first-order valence-corrected chi connectivity index (χ1v) is 11.2. The van der Waals surface area contributed by atoms with E-state index in [4.69, 9.17) is 4.74 Å². The van der Waals surface area contributed by atoms with Crippen molar-refractivity contribution >= 4 is 17.5 Å². The SMILES string of the molecule is COc1ccccc1NC(=O)c1cnc(C2CCCCN2C(=O)Cc2ccccc2)nc1C. The van der Waals surface area contributed by atoms with Gasteiger partial charge in [-0.15, -0.1) is 0 Å². The fourth-order valence-electron chi connectivity index (χ4n) is 4.18. The number of aromatic nitrogens is 2. The zero-order valence-electron chi connectivity index (χ0n) is 19.0. The standard InChI is InChI=1S/C26H28N4O3/c1-18-20(26(32)29-21-12-6-7-14-23(21)33-2)17-27-25(28-18)22-13-8-9-15-30(22)24(31)16-19-10-4-3-5-11-19/h3-7,10-12,14,17,22H,8-9,13,15-16H2,1-2H3,(H,29,32). The van der Waals surface area contributed by atoms with Gasteiger partial charge < -0.3 is 15.0 Å². The topological polar surface area (TPSA) is 84.4 Å². The van der Waals surface area contributed by atoms with E-state index in [2.05, 4.69) is 15.3 Å². The fourth-order valence-corrected chi connectivity index (χ4v) is 4.18. The fraction of sp³-hybridized carbons (Fsp3) is 0.308. The number of para-hydroxylation sites is 2. The molecule has 33 heavy (non-hydrogen) atoms. The molecule has 0 saturated carbocycles. The van der Waals surface area contributed by atoms with Gasteiger partial charge in [-0.05, 0) is 43.9 Å². The minimum absolute atomic E-state index is 0.0742. The Labute approximate surface area is 193 Å². The first kappa shape index (κ1) is 22.5. The highest BCUT2D eigenvalue weighted by atomic mass is 16.5. The molecule has 0 aliphatic carbocycles. The van der Waals surface area contributed by atoms with Crippen molar-refractivity contribution in [2.24, 2.45) is 0 Å². The first-order chi connectivity index (χ1) is 16.1. The summed E-state index contributed by atoms with van der Waals surface area (Å²) in [4.78, 5) is 37.0. The lowest BCUT2D eigenvalue weighted by atomic mass is 9.99. The second-order valence-electron chi connectivity index (χ2n) is 8.14. The smallest absolute Gasteiger partial charge is 0.259 e. The van der Waals surface area contributed by atoms with Crippen LogP contribution in [0.5, 0.6) is 5.75 Å². The number of amides is 2. The van der Waals surface area contributed by atoms with Crippen molar-refractivity contribution in [2.75, 3.05) is 19.0 Å². The molecule has 3 aromatic rings. The number of rotatable bonds is 6. The minimum atomic E-state index is -0.302. The molecule has 4 rings (SSSR count). The number of benzene rings is 2. The maximum absolute atomic E-state index is 13.1. The van der Waals surface area contributed by atoms with Crippen molar-refractivity contribution in [3.63, 3.8) is 0 Å². The lowest BCUT2D eigenvalue weighted by molar-refractivity contribution is -0.134. The summed E-state index contributed by atoms with van der Waals surface area (Å²) in [7, 11) is 1.56. The van der Waals surface area contributed by atoms with E-state index in [1.54, 1.807) is 32.4 Å². The molecule has 1 aliphatic rings. The summed E-state index contributed by atoms with van der Waals surface area (Å²) in [6, 6.07) is 16.8. The van der Waals surface area contributed by atoms with E-state index in [0.29, 0.717) is 41.5 Å². The first-order valence-electron chi connectivity index (χ1n) is 11.2. The van der Waals surface area contributed by atoms with Crippen molar-refractivity contribution in [2.45, 2.75) is 38.6 Å². The van der Waals surface area contributed by atoms with Gasteiger partial charge in [0.25, 0.3) is 5.91 Å². The molecule has 1 atom stereocenters. The zero-order chi connectivity index (χ0) is 23.2. The molecule has 1 unspecified atom stereocenters. The summed E-state index contributed by atoms with van der Waals surface area (Å²) in [5, 5.41) is 2.86. The third kappa shape index (κ3) is 5.19. The number of likely N-dealkylation sites (tertiary alicyclic amines) is 1. The normalized spacial score (nSPS) is 15.7. The molecule has 1 aliphatic heterocycles. The number of carbonyl (C=O) groups excluding carboxylic acids is 2. The summed E-state index contributed by atoms with van der Waals surface area (Å²) < 4.78 is 5.30. The summed E-state index contributed by atoms with van der Waals surface area (Å²) in [6.07, 6.45) is 4.70. The van der Waals surface area contributed by atoms with E-state index in [0.717, 1.165) is 24.8 Å². The van der Waals surface area contributed by atoms with Crippen LogP contribution in [0.2, 0.25) is 0 Å². The number of anilines is 1. The van der Waals surface area contributed by atoms with Crippen LogP contribution in [-0.4, -0.2) is 40.3 Å². The molecule has 2 amide bonds. The van der Waals surface area contributed by atoms with Crippen LogP contribution in [0.4, 0.5) is 5.69 Å². The summed E-state index contributed by atoms with van der Waals surface area (Å²) in [6.45, 7) is 2.48. The second-order valence-corrected chi connectivity index (χ2v) is 8.14. The highest BCUT2D eigenvalue weighted by Crippen LogP contribution is 2.30. The van der Waals surface area contributed by atoms with Crippen molar-refractivity contribution in [3.8, 4) is 5.75 Å². The van der Waals surface area contributed by atoms with Crippen LogP contribution < -0.4 is 10.1 Å². The highest BCUT2D eigenvalue weighted by molar-refractivity contribution is 6.05. The van der Waals surface area contributed by atoms with Crippen LogP contribution in [0.15, 0.2) is 60.8 Å². The lowest BCUT2D eigenvalue weighted by Crippen LogP contribution is -2.40. The van der Waals surface area contributed by atoms with Crippen molar-refractivity contribution < 1.29 is 14.3 Å². The maximum Gasteiger partial charge on any atom is 0.259 e. The Morgan fingerprint density at radius 3 is 2.61 bits per heavy atom. The number of methoxy groups -OCH3 is 1. The van der Waals surface area contributed by atoms with Crippen LogP contribution >= 0.6 is 0 Å². The average Bonchev–Trinajstić information content (AvgIpc) is 2.85. The van der Waals surface area contributed by atoms with Gasteiger partial charge in [-0.25, -0.2) is 9.97 Å². The Balaban J connectivity index is 1.52. The number of nitrogens with one attached hydrogen (secondary N) is 1. The van der Waals surface area contributed by atoms with Gasteiger partial charge >= 0.3 is 0 Å². The molecule has 0 radical (unpaired) electrons. The highest BCUT2D eigenvalue weighted by Gasteiger charge is 2.30. The Bertz CT molecular complexity index is 1130. The monoisotopic (exact) mass is 444 g/mol. The molecule has 1 N–H and O–H groups in total. The second kappa shape index (κ2) is 10.3. The van der Waals surface area contributed by atoms with Crippen LogP contribution in [0, 0.1) is 6.92 Å². The van der Waals surface area contributed by atoms with Gasteiger partial charge in [0.05, 0.1) is 36.5 Å². The Morgan fingerprint density at radius 1 is 1.09 bits per heavy atom. The maximum atomic E-state index is 13.1. The van der Waals surface area contributed by atoms with Gasteiger partial charge in [-0.3, -0.25) is 9.59 Å². The van der Waals surface area contributed by atoms with E-state index in [1.165, 1.54) is 0 Å². The molecule has 1 fully saturated rings. The van der Waals surface area contributed by atoms with E-state index in [1.807, 2.05) is 47.4 Å². The van der Waals surface area contributed by atoms with Gasteiger partial charge in [0.1, 0.15) is 5.75 Å². The molecule has 0 bridgehead atoms. The third-order valence-electron chi connectivity index (χ3n) is 5.92. The quantitative estimate of drug-likeness (QED) is 0.611. The number of piperidine rings is 1. The van der Waals surface area contributed by atoms with Crippen LogP contribution in [0.3, 0.4) is 0 Å². The van der Waals surface area contributed by atoms with Gasteiger partial charge in [-0.2, -0.15) is 0 Å². The minimum Gasteiger partial charge on any atom is -0.495 e. The van der Waals surface area contributed by atoms with Crippen molar-refractivity contribution in [1.82, 2.24) is 14.9 Å². The molecule has 1 saturated heterocycles. The largest absolute Gasteiger partial charge is 0.495 e. The van der Waals surface area contributed by atoms with Crippen molar-refractivity contribution in [3.05, 3.63) is 83.4 Å². The van der Waals surface area contributed by atoms with Crippen LogP contribution in [0.1, 0.15) is 52.7 Å². The van der Waals surface area contributed by atoms with E-state index in [9.17, 15) is 9.59 Å². The number of ether oxygens (including phenoxy) is 1. The zero-order valence-corrected chi connectivity index (χ0v) is 19.0. The van der Waals surface area contributed by atoms with Gasteiger partial charge in [0.15, 0.2) is 5.82 Å². The van der Waals surface area contributed by atoms with Crippen LogP contribution in [0.25, 0.3) is 0 Å². The molecular formula is C26H28N4O3. The molecule has 1 aromatic heterocycles. The molecular weight excluding hydrogens is 416 g/mol. The Hall–Kier alpha value is -3.74. The number of nitrogens with zero attached hydrogens (tertiary/aromatic N) is 3. The van der Waals surface area contributed by atoms with E-state index in [-0.39, 0.29) is 17.9 Å². The lowest BCUT2D eigenvalue weighted by Gasteiger charge is -2.35. The molecule has 170 valence electrons. The number of carbonyl (C=O) groups is 2. The predicted molar refractivity (Wildman–Crippen MR) is 126 cm³/mol. The third-order valence-corrected chi connectivity index (χ3v) is 5.92. The number of hydrogen-bond acceptors (Lipinski definition) is 5. The molecule has 7 nitrogen and oxygen atoms in total. The van der Waals surface area contributed by atoms with E-state index < -0.39 is 0 Å². The van der Waals surface area contributed by atoms with Gasteiger partial charge in [0, 0.05) is 12.7 Å². The Kier molecular flexibility index (Phi) is 6.98. The number of hydrogen-bond donors (Lipinski definition) is 1. The molecule has 7 heteroatoms. The summed E-state index contributed by atoms with van der Waals surface area (Å²) in [5.74, 6) is 0.938. The predicted octanol–water partition coefficient (Wildman–Crippen LogP) is 4.34. The van der Waals surface area contributed by atoms with Gasteiger partial charge in [0.2, 0.25) is 5.91 Å². The van der Waals surface area contributed by atoms with Crippen LogP contribution in [-0.2, 0) is 11.2 Å². The molecule has 2 aromatic carbocycles. The van der Waals surface area contributed by atoms with Crippen molar-refractivity contribution in [1.29, 1.82) is 0 Å². The van der Waals surface area contributed by atoms with Gasteiger partial charge in [-0.1, -0.05) is 42.5 Å². The summed E-state index contributed by atoms with van der Waals surface area (Å²) >= 11 is 0. The average molecular weight is 445 g/mol. The Morgan fingerprint density at radius 2 is 1.85 bits per heavy atom. The number of aryl methyl sites for hydroxylation is 1. The molecule has 2 heterocycles. The van der Waals surface area contributed by atoms with E-state index >= 15 is 0 Å². The summed E-state index contributed by atoms with van der Waals surface area (Å²) in [5.41, 5.74) is 2.54.